The number of alkyl halides is 6. The first-order valence-corrected chi connectivity index (χ1v) is 12.6. The first-order valence-electron chi connectivity index (χ1n) is 12.6. The lowest BCUT2D eigenvalue weighted by atomic mass is 10.00. The lowest BCUT2D eigenvalue weighted by molar-refractivity contribution is -0.138. The first kappa shape index (κ1) is 27.1. The first-order chi connectivity index (χ1) is 20.0. The van der Waals surface area contributed by atoms with Gasteiger partial charge in [0.25, 0.3) is 11.8 Å². The number of carbonyl (C=O) groups is 2. The molecule has 0 unspecified atom stereocenters. The molecule has 2 amide bonds. The lowest BCUT2D eigenvalue weighted by Crippen LogP contribution is -2.30. The topological polar surface area (TPSA) is 40.6 Å². The Balaban J connectivity index is 1.69. The predicted molar refractivity (Wildman–Crippen MR) is 145 cm³/mol. The molecule has 4 aromatic rings. The van der Waals surface area contributed by atoms with E-state index in [-0.39, 0.29) is 45.0 Å². The highest BCUT2D eigenvalue weighted by molar-refractivity contribution is 6.41. The molecule has 6 rings (SSSR count). The van der Waals surface area contributed by atoms with Crippen LogP contribution in [0.25, 0.3) is 11.4 Å². The molecule has 2 aliphatic rings. The number of hydrogen-bond donors (Lipinski definition) is 0. The Kier molecular flexibility index (Phi) is 6.29. The number of anilines is 2. The van der Waals surface area contributed by atoms with Gasteiger partial charge in [0.1, 0.15) is 0 Å². The highest BCUT2D eigenvalue weighted by Crippen LogP contribution is 2.50. The van der Waals surface area contributed by atoms with E-state index in [2.05, 4.69) is 0 Å². The van der Waals surface area contributed by atoms with E-state index in [9.17, 15) is 35.9 Å². The van der Waals surface area contributed by atoms with Gasteiger partial charge in [-0.1, -0.05) is 60.7 Å². The zero-order valence-corrected chi connectivity index (χ0v) is 21.4. The Hall–Kier alpha value is -5.12. The number of fused-ring (bicyclic) bond motifs is 1. The van der Waals surface area contributed by atoms with E-state index >= 15 is 0 Å². The number of rotatable bonds is 4. The van der Waals surface area contributed by atoms with Gasteiger partial charge in [0.2, 0.25) is 0 Å². The van der Waals surface area contributed by atoms with Gasteiger partial charge >= 0.3 is 12.4 Å². The normalized spacial score (nSPS) is 15.7. The summed E-state index contributed by atoms with van der Waals surface area (Å²) >= 11 is 0. The van der Waals surface area contributed by atoms with Gasteiger partial charge in [-0.3, -0.25) is 19.4 Å². The second kappa shape index (κ2) is 9.76. The van der Waals surface area contributed by atoms with Gasteiger partial charge < -0.3 is 0 Å². The number of benzene rings is 4. The molecule has 0 N–H and O–H groups in total. The van der Waals surface area contributed by atoms with Crippen LogP contribution < -0.4 is 9.80 Å². The molecule has 10 heteroatoms. The third-order valence-electron chi connectivity index (χ3n) is 6.96. The number of hydrogen-bond acceptors (Lipinski definition) is 2. The molecular weight excluding hydrogens is 558 g/mol. The number of para-hydroxylation sites is 2. The van der Waals surface area contributed by atoms with Crippen LogP contribution in [-0.4, -0.2) is 11.8 Å². The molecule has 0 saturated carbocycles. The Morgan fingerprint density at radius 1 is 0.452 bits per heavy atom. The van der Waals surface area contributed by atoms with Gasteiger partial charge in [0.15, 0.2) is 0 Å². The van der Waals surface area contributed by atoms with Crippen molar-refractivity contribution in [3.05, 3.63) is 143 Å². The summed E-state index contributed by atoms with van der Waals surface area (Å²) in [6.45, 7) is 0. The minimum absolute atomic E-state index is 0.0568. The molecule has 4 nitrogen and oxygen atoms in total. The van der Waals surface area contributed by atoms with Crippen LogP contribution in [0.4, 0.5) is 37.7 Å². The van der Waals surface area contributed by atoms with E-state index in [1.165, 1.54) is 24.3 Å². The molecule has 0 atom stereocenters. The molecule has 0 saturated heterocycles. The molecule has 42 heavy (non-hydrogen) atoms. The van der Waals surface area contributed by atoms with E-state index in [1.807, 2.05) is 0 Å². The van der Waals surface area contributed by atoms with Crippen LogP contribution in [0.15, 0.2) is 120 Å². The van der Waals surface area contributed by atoms with Gasteiger partial charge in [0, 0.05) is 22.5 Å². The van der Waals surface area contributed by atoms with Crippen molar-refractivity contribution >= 4 is 34.6 Å². The molecule has 0 fully saturated rings. The maximum atomic E-state index is 14.2. The molecular formula is C32H18F6N2O2. The smallest absolute Gasteiger partial charge is 0.275 e. The van der Waals surface area contributed by atoms with Crippen molar-refractivity contribution in [2.75, 3.05) is 9.80 Å². The summed E-state index contributed by atoms with van der Waals surface area (Å²) in [7, 11) is 0. The van der Waals surface area contributed by atoms with E-state index < -0.39 is 35.3 Å². The van der Waals surface area contributed by atoms with Crippen LogP contribution in [0.2, 0.25) is 0 Å². The number of amides is 2. The third kappa shape index (κ3) is 4.45. The molecule has 0 bridgehead atoms. The fourth-order valence-corrected chi connectivity index (χ4v) is 5.18. The van der Waals surface area contributed by atoms with Crippen LogP contribution in [0.3, 0.4) is 0 Å². The van der Waals surface area contributed by atoms with Crippen molar-refractivity contribution in [1.82, 2.24) is 0 Å². The van der Waals surface area contributed by atoms with Gasteiger partial charge in [0.05, 0.1) is 33.7 Å². The second-order valence-corrected chi connectivity index (χ2v) is 9.56. The van der Waals surface area contributed by atoms with Crippen molar-refractivity contribution in [3.63, 3.8) is 0 Å². The van der Waals surface area contributed by atoms with E-state index in [0.29, 0.717) is 0 Å². The van der Waals surface area contributed by atoms with E-state index in [0.717, 1.165) is 34.1 Å². The fourth-order valence-electron chi connectivity index (χ4n) is 5.18. The summed E-state index contributed by atoms with van der Waals surface area (Å²) < 4.78 is 82.3. The largest absolute Gasteiger partial charge is 0.416 e. The van der Waals surface area contributed by atoms with Crippen LogP contribution in [0, 0.1) is 0 Å². The van der Waals surface area contributed by atoms with Crippen LogP contribution in [-0.2, 0) is 21.9 Å². The van der Waals surface area contributed by atoms with Gasteiger partial charge in [-0.25, -0.2) is 0 Å². The van der Waals surface area contributed by atoms with Gasteiger partial charge in [-0.15, -0.1) is 0 Å². The van der Waals surface area contributed by atoms with E-state index in [1.54, 1.807) is 60.7 Å². The van der Waals surface area contributed by atoms with Crippen LogP contribution in [0.5, 0.6) is 0 Å². The summed E-state index contributed by atoms with van der Waals surface area (Å²) in [5, 5.41) is 0. The molecule has 2 heterocycles. The zero-order chi connectivity index (χ0) is 29.8. The van der Waals surface area contributed by atoms with Crippen molar-refractivity contribution in [2.24, 2.45) is 0 Å². The van der Waals surface area contributed by atoms with Crippen molar-refractivity contribution in [1.29, 1.82) is 0 Å². The number of carbonyl (C=O) groups excluding carboxylic acids is 2. The quantitative estimate of drug-likeness (QED) is 0.232. The van der Waals surface area contributed by atoms with E-state index in [4.69, 9.17) is 0 Å². The summed E-state index contributed by atoms with van der Waals surface area (Å²) in [5.41, 5.74) is -2.17. The molecule has 210 valence electrons. The minimum Gasteiger partial charge on any atom is -0.275 e. The fraction of sp³-hybridized carbons (Fsp3) is 0.0625. The molecule has 4 aromatic carbocycles. The Bertz CT molecular complexity index is 1660. The highest BCUT2D eigenvalue weighted by Gasteiger charge is 2.50. The van der Waals surface area contributed by atoms with Crippen LogP contribution in [0.1, 0.15) is 22.3 Å². The molecule has 0 radical (unpaired) electrons. The van der Waals surface area contributed by atoms with Gasteiger partial charge in [-0.2, -0.15) is 26.3 Å². The number of nitrogens with zero attached hydrogens (tertiary/aromatic N) is 2. The number of halogens is 6. The molecule has 0 aliphatic carbocycles. The Morgan fingerprint density at radius 3 is 1.14 bits per heavy atom. The zero-order valence-electron chi connectivity index (χ0n) is 21.4. The standard InChI is InChI=1S/C32H18F6N2O2/c33-31(34,35)21-11-7-9-19(17-21)27-25-26(29(41)39(27)23-13-3-1-4-14-23)28(20-10-8-12-22(18-20)32(36,37)38)40(30(25)42)24-15-5-2-6-16-24/h1-18H. The lowest BCUT2D eigenvalue weighted by Gasteiger charge is -2.26. The monoisotopic (exact) mass is 576 g/mol. The second-order valence-electron chi connectivity index (χ2n) is 9.56. The summed E-state index contributed by atoms with van der Waals surface area (Å²) in [6, 6.07) is 24.5. The highest BCUT2D eigenvalue weighted by atomic mass is 19.4. The SMILES string of the molecule is O=C1C2=C(c3cccc(C(F)(F)F)c3)N(c3ccccc3)C(=O)C2=C(c2cccc(C(F)(F)F)c2)N1c1ccccc1. The average molecular weight is 576 g/mol. The summed E-state index contributed by atoms with van der Waals surface area (Å²) in [6.07, 6.45) is -9.42. The van der Waals surface area contributed by atoms with Crippen LogP contribution >= 0.6 is 0 Å². The van der Waals surface area contributed by atoms with Crippen molar-refractivity contribution < 1.29 is 35.9 Å². The van der Waals surface area contributed by atoms with Crippen molar-refractivity contribution in [3.8, 4) is 0 Å². The maximum Gasteiger partial charge on any atom is 0.416 e. The molecule has 0 spiro atoms. The predicted octanol–water partition coefficient (Wildman–Crippen LogP) is 7.94. The maximum absolute atomic E-state index is 14.2. The average Bonchev–Trinajstić information content (AvgIpc) is 3.44. The summed E-state index contributed by atoms with van der Waals surface area (Å²) in [5.74, 6) is -1.52. The van der Waals surface area contributed by atoms with Crippen molar-refractivity contribution in [2.45, 2.75) is 12.4 Å². The van der Waals surface area contributed by atoms with Gasteiger partial charge in [-0.05, 0) is 48.5 Å². The molecule has 0 aromatic heterocycles. The Morgan fingerprint density at radius 2 is 0.810 bits per heavy atom. The molecule has 2 aliphatic heterocycles. The third-order valence-corrected chi connectivity index (χ3v) is 6.96. The minimum atomic E-state index is -4.71. The Labute approximate surface area is 235 Å². The summed E-state index contributed by atoms with van der Waals surface area (Å²) in [4.78, 5) is 30.8.